The number of anilines is 3. The largest absolute Gasteiger partial charge is 0.490 e. The molecule has 0 unspecified atom stereocenters. The summed E-state index contributed by atoms with van der Waals surface area (Å²) in [4.78, 5) is 8.02. The molecule has 0 aliphatic heterocycles. The second kappa shape index (κ2) is 5.22. The van der Waals surface area contributed by atoms with Crippen LogP contribution in [0.15, 0.2) is 29.0 Å². The molecule has 0 aliphatic rings. The highest BCUT2D eigenvalue weighted by atomic mass is 79.9. The van der Waals surface area contributed by atoms with E-state index in [9.17, 15) is 0 Å². The number of nitrogen functional groups attached to an aromatic ring is 1. The summed E-state index contributed by atoms with van der Waals surface area (Å²) in [5.41, 5.74) is 7.75. The lowest BCUT2D eigenvalue weighted by Crippen LogP contribution is -2.03. The van der Waals surface area contributed by atoms with Crippen LogP contribution in [0, 0.1) is 6.92 Å². The van der Waals surface area contributed by atoms with Gasteiger partial charge in [0.1, 0.15) is 6.33 Å². The van der Waals surface area contributed by atoms with Gasteiger partial charge in [0, 0.05) is 10.2 Å². The van der Waals surface area contributed by atoms with E-state index in [4.69, 9.17) is 10.5 Å². The number of nitrogens with two attached hydrogens (primary N) is 1. The van der Waals surface area contributed by atoms with Gasteiger partial charge < -0.3 is 15.8 Å². The van der Waals surface area contributed by atoms with Crippen molar-refractivity contribution in [2.75, 3.05) is 18.2 Å². The summed E-state index contributed by atoms with van der Waals surface area (Å²) in [6, 6.07) is 5.95. The molecule has 0 radical (unpaired) electrons. The molecule has 0 bridgehead atoms. The van der Waals surface area contributed by atoms with Gasteiger partial charge in [-0.15, -0.1) is 0 Å². The fourth-order valence-corrected chi connectivity index (χ4v) is 1.90. The van der Waals surface area contributed by atoms with Gasteiger partial charge in [0.25, 0.3) is 0 Å². The first-order valence-corrected chi connectivity index (χ1v) is 6.08. The Morgan fingerprint density at radius 3 is 2.83 bits per heavy atom. The molecular formula is C12H13BrN4O. The lowest BCUT2D eigenvalue weighted by Gasteiger charge is -2.13. The zero-order valence-electron chi connectivity index (χ0n) is 10.1. The Bertz CT molecular complexity index is 574. The van der Waals surface area contributed by atoms with Crippen molar-refractivity contribution in [3.63, 3.8) is 0 Å². The van der Waals surface area contributed by atoms with Gasteiger partial charge in [-0.25, -0.2) is 9.97 Å². The molecular weight excluding hydrogens is 296 g/mol. The van der Waals surface area contributed by atoms with Crippen molar-refractivity contribution in [1.29, 1.82) is 0 Å². The van der Waals surface area contributed by atoms with Gasteiger partial charge >= 0.3 is 0 Å². The minimum absolute atomic E-state index is 0.308. The lowest BCUT2D eigenvalue weighted by molar-refractivity contribution is 0.415. The topological polar surface area (TPSA) is 73.1 Å². The second-order valence-electron chi connectivity index (χ2n) is 3.73. The Morgan fingerprint density at radius 1 is 1.33 bits per heavy atom. The van der Waals surface area contributed by atoms with E-state index >= 15 is 0 Å². The van der Waals surface area contributed by atoms with Gasteiger partial charge in [-0.2, -0.15) is 0 Å². The van der Waals surface area contributed by atoms with E-state index in [1.807, 2.05) is 25.1 Å². The Kier molecular flexibility index (Phi) is 3.66. The summed E-state index contributed by atoms with van der Waals surface area (Å²) >= 11 is 3.43. The fraction of sp³-hybridized carbons (Fsp3) is 0.167. The zero-order chi connectivity index (χ0) is 13.1. The molecule has 0 spiro atoms. The van der Waals surface area contributed by atoms with Crippen LogP contribution in [0.5, 0.6) is 5.75 Å². The summed E-state index contributed by atoms with van der Waals surface area (Å²) in [7, 11) is 1.54. The minimum atomic E-state index is 0.308. The number of nitrogens with one attached hydrogen (secondary N) is 1. The molecule has 1 aromatic carbocycles. The number of rotatable bonds is 3. The summed E-state index contributed by atoms with van der Waals surface area (Å²) < 4.78 is 6.18. The molecule has 0 saturated carbocycles. The molecule has 1 heterocycles. The third-order valence-corrected chi connectivity index (χ3v) is 2.98. The SMILES string of the molecule is COc1c(N)ncnc1Nc1cc(Br)ccc1C. The molecule has 2 aromatic rings. The van der Waals surface area contributed by atoms with Gasteiger partial charge in [-0.3, -0.25) is 0 Å². The van der Waals surface area contributed by atoms with Crippen molar-refractivity contribution in [1.82, 2.24) is 9.97 Å². The van der Waals surface area contributed by atoms with E-state index in [2.05, 4.69) is 31.2 Å². The summed E-state index contributed by atoms with van der Waals surface area (Å²) in [5.74, 6) is 1.30. The first-order valence-electron chi connectivity index (χ1n) is 5.29. The number of aromatic nitrogens is 2. The Morgan fingerprint density at radius 2 is 2.11 bits per heavy atom. The van der Waals surface area contributed by atoms with Crippen LogP contribution in [-0.4, -0.2) is 17.1 Å². The zero-order valence-corrected chi connectivity index (χ0v) is 11.7. The maximum absolute atomic E-state index is 5.73. The van der Waals surface area contributed by atoms with Crippen molar-refractivity contribution < 1.29 is 4.74 Å². The molecule has 0 atom stereocenters. The smallest absolute Gasteiger partial charge is 0.204 e. The van der Waals surface area contributed by atoms with Crippen LogP contribution in [0.4, 0.5) is 17.3 Å². The Balaban J connectivity index is 2.40. The quantitative estimate of drug-likeness (QED) is 0.912. The molecule has 0 aliphatic carbocycles. The fourth-order valence-electron chi connectivity index (χ4n) is 1.53. The Hall–Kier alpha value is -1.82. The van der Waals surface area contributed by atoms with Crippen molar-refractivity contribution in [3.05, 3.63) is 34.6 Å². The van der Waals surface area contributed by atoms with Crippen LogP contribution in [0.25, 0.3) is 0 Å². The summed E-state index contributed by atoms with van der Waals surface area (Å²) in [6.07, 6.45) is 1.40. The lowest BCUT2D eigenvalue weighted by atomic mass is 10.2. The number of ether oxygens (including phenoxy) is 1. The molecule has 5 nitrogen and oxygen atoms in total. The molecule has 0 amide bonds. The van der Waals surface area contributed by atoms with Crippen LogP contribution in [0.2, 0.25) is 0 Å². The average Bonchev–Trinajstić information content (AvgIpc) is 2.34. The third-order valence-electron chi connectivity index (χ3n) is 2.49. The molecule has 2 rings (SSSR count). The van der Waals surface area contributed by atoms with Crippen LogP contribution >= 0.6 is 15.9 Å². The van der Waals surface area contributed by atoms with Crippen molar-refractivity contribution in [2.45, 2.75) is 6.92 Å². The number of nitrogens with zero attached hydrogens (tertiary/aromatic N) is 2. The number of halogens is 1. The maximum Gasteiger partial charge on any atom is 0.204 e. The number of hydrogen-bond acceptors (Lipinski definition) is 5. The van der Waals surface area contributed by atoms with Crippen LogP contribution < -0.4 is 15.8 Å². The van der Waals surface area contributed by atoms with Gasteiger partial charge in [0.05, 0.1) is 7.11 Å². The molecule has 1 aromatic heterocycles. The van der Waals surface area contributed by atoms with Crippen molar-refractivity contribution >= 4 is 33.3 Å². The molecule has 0 saturated heterocycles. The van der Waals surface area contributed by atoms with E-state index in [1.165, 1.54) is 13.4 Å². The highest BCUT2D eigenvalue weighted by Crippen LogP contribution is 2.31. The van der Waals surface area contributed by atoms with E-state index in [1.54, 1.807) is 0 Å². The normalized spacial score (nSPS) is 10.2. The highest BCUT2D eigenvalue weighted by molar-refractivity contribution is 9.10. The number of benzene rings is 1. The van der Waals surface area contributed by atoms with Gasteiger partial charge in [0.2, 0.25) is 5.75 Å². The van der Waals surface area contributed by atoms with Crippen LogP contribution in [0.1, 0.15) is 5.56 Å². The van der Waals surface area contributed by atoms with Crippen molar-refractivity contribution in [2.24, 2.45) is 0 Å². The van der Waals surface area contributed by atoms with E-state index in [0.717, 1.165) is 15.7 Å². The second-order valence-corrected chi connectivity index (χ2v) is 4.64. The first-order chi connectivity index (χ1) is 8.61. The minimum Gasteiger partial charge on any atom is -0.490 e. The van der Waals surface area contributed by atoms with Crippen LogP contribution in [-0.2, 0) is 0 Å². The molecule has 0 fully saturated rings. The molecule has 6 heteroatoms. The molecule has 3 N–H and O–H groups in total. The van der Waals surface area contributed by atoms with Crippen molar-refractivity contribution in [3.8, 4) is 5.75 Å². The van der Waals surface area contributed by atoms with Gasteiger partial charge in [-0.1, -0.05) is 22.0 Å². The predicted molar refractivity (Wildman–Crippen MR) is 75.2 cm³/mol. The number of methoxy groups -OCH3 is 1. The highest BCUT2D eigenvalue weighted by Gasteiger charge is 2.10. The first kappa shape index (κ1) is 12.6. The van der Waals surface area contributed by atoms with E-state index in [-0.39, 0.29) is 0 Å². The van der Waals surface area contributed by atoms with Crippen LogP contribution in [0.3, 0.4) is 0 Å². The van der Waals surface area contributed by atoms with Gasteiger partial charge in [0.15, 0.2) is 11.6 Å². The van der Waals surface area contributed by atoms with E-state index in [0.29, 0.717) is 17.4 Å². The summed E-state index contributed by atoms with van der Waals surface area (Å²) in [5, 5.41) is 3.19. The number of aryl methyl sites for hydroxylation is 1. The monoisotopic (exact) mass is 308 g/mol. The average molecular weight is 309 g/mol. The Labute approximate surface area is 114 Å². The van der Waals surface area contributed by atoms with Gasteiger partial charge in [-0.05, 0) is 24.6 Å². The van der Waals surface area contributed by atoms with E-state index < -0.39 is 0 Å². The number of hydrogen-bond donors (Lipinski definition) is 2. The maximum atomic E-state index is 5.73. The third kappa shape index (κ3) is 2.53. The molecule has 94 valence electrons. The molecule has 18 heavy (non-hydrogen) atoms. The standard InChI is InChI=1S/C12H13BrN4O/c1-7-3-4-8(13)5-9(7)17-12-10(18-2)11(14)15-6-16-12/h3-6H,1-2H3,(H3,14,15,16,17). The summed E-state index contributed by atoms with van der Waals surface area (Å²) in [6.45, 7) is 2.01. The predicted octanol–water partition coefficient (Wildman–Crippen LogP) is 2.88.